The van der Waals surface area contributed by atoms with Crippen LogP contribution in [0.4, 0.5) is 10.5 Å². The Balaban J connectivity index is 2.82. The number of hydrogen-bond donors (Lipinski definition) is 1. The van der Waals surface area contributed by atoms with Gasteiger partial charge in [0.15, 0.2) is 0 Å². The van der Waals surface area contributed by atoms with Gasteiger partial charge in [-0.25, -0.2) is 4.79 Å². The number of urea groups is 1. The van der Waals surface area contributed by atoms with Gasteiger partial charge >= 0.3 is 6.03 Å². The average molecular weight is 212 g/mol. The molecule has 1 rings (SSSR count). The van der Waals surface area contributed by atoms with Crippen LogP contribution in [0.1, 0.15) is 5.56 Å². The number of halogens is 1. The SMILES string of the molecule is [CH2]c1cc(Cl)ccc1NC(=O)N(C)C. The maximum Gasteiger partial charge on any atom is 0.321 e. The molecular weight excluding hydrogens is 200 g/mol. The molecule has 3 nitrogen and oxygen atoms in total. The predicted octanol–water partition coefficient (Wildman–Crippen LogP) is 2.62. The average Bonchev–Trinajstić information content (AvgIpc) is 2.09. The minimum atomic E-state index is -0.183. The van der Waals surface area contributed by atoms with E-state index in [0.29, 0.717) is 16.3 Å². The Morgan fingerprint density at radius 2 is 2.14 bits per heavy atom. The Bertz CT molecular complexity index is 350. The maximum atomic E-state index is 11.3. The number of nitrogens with zero attached hydrogens (tertiary/aromatic N) is 1. The largest absolute Gasteiger partial charge is 0.331 e. The molecule has 2 amide bonds. The van der Waals surface area contributed by atoms with Gasteiger partial charge in [0.05, 0.1) is 0 Å². The molecule has 0 atom stereocenters. The second kappa shape index (κ2) is 4.33. The van der Waals surface area contributed by atoms with E-state index in [4.69, 9.17) is 11.6 Å². The first kappa shape index (κ1) is 10.9. The molecule has 1 aromatic rings. The van der Waals surface area contributed by atoms with Crippen LogP contribution in [0.5, 0.6) is 0 Å². The van der Waals surface area contributed by atoms with Crippen molar-refractivity contribution in [1.82, 2.24) is 4.90 Å². The molecule has 0 aliphatic heterocycles. The van der Waals surface area contributed by atoms with Crippen LogP contribution in [0.2, 0.25) is 5.02 Å². The minimum Gasteiger partial charge on any atom is -0.331 e. The van der Waals surface area contributed by atoms with E-state index in [1.54, 1.807) is 32.3 Å². The van der Waals surface area contributed by atoms with Crippen molar-refractivity contribution in [2.45, 2.75) is 0 Å². The highest BCUT2D eigenvalue weighted by Crippen LogP contribution is 2.19. The summed E-state index contributed by atoms with van der Waals surface area (Å²) >= 11 is 5.75. The topological polar surface area (TPSA) is 32.3 Å². The molecule has 1 aromatic carbocycles. The monoisotopic (exact) mass is 211 g/mol. The van der Waals surface area contributed by atoms with Gasteiger partial charge in [-0.2, -0.15) is 0 Å². The van der Waals surface area contributed by atoms with Crippen molar-refractivity contribution in [2.24, 2.45) is 0 Å². The van der Waals surface area contributed by atoms with Gasteiger partial charge in [-0.05, 0) is 30.7 Å². The van der Waals surface area contributed by atoms with Crippen LogP contribution in [-0.2, 0) is 0 Å². The van der Waals surface area contributed by atoms with E-state index in [-0.39, 0.29) is 6.03 Å². The summed E-state index contributed by atoms with van der Waals surface area (Å²) in [5.74, 6) is 0. The summed E-state index contributed by atoms with van der Waals surface area (Å²) in [6.45, 7) is 3.78. The molecular formula is C10H12ClN2O. The zero-order chi connectivity index (χ0) is 10.7. The fourth-order valence-corrected chi connectivity index (χ4v) is 1.11. The van der Waals surface area contributed by atoms with Crippen molar-refractivity contribution in [1.29, 1.82) is 0 Å². The van der Waals surface area contributed by atoms with Crippen molar-refractivity contribution in [3.05, 3.63) is 35.7 Å². The third-order valence-electron chi connectivity index (χ3n) is 1.72. The lowest BCUT2D eigenvalue weighted by Gasteiger charge is -2.13. The molecule has 4 heteroatoms. The van der Waals surface area contributed by atoms with Gasteiger partial charge in [0, 0.05) is 24.8 Å². The van der Waals surface area contributed by atoms with E-state index >= 15 is 0 Å². The first-order valence-electron chi connectivity index (χ1n) is 4.10. The van der Waals surface area contributed by atoms with Gasteiger partial charge in [-0.1, -0.05) is 11.6 Å². The van der Waals surface area contributed by atoms with E-state index in [2.05, 4.69) is 12.2 Å². The number of anilines is 1. The lowest BCUT2D eigenvalue weighted by atomic mass is 10.2. The molecule has 1 N–H and O–H groups in total. The summed E-state index contributed by atoms with van der Waals surface area (Å²) in [7, 11) is 3.35. The summed E-state index contributed by atoms with van der Waals surface area (Å²) in [6, 6.07) is 4.96. The smallest absolute Gasteiger partial charge is 0.321 e. The van der Waals surface area contributed by atoms with Gasteiger partial charge in [0.1, 0.15) is 0 Å². The maximum absolute atomic E-state index is 11.3. The molecule has 0 aromatic heterocycles. The molecule has 75 valence electrons. The lowest BCUT2D eigenvalue weighted by Crippen LogP contribution is -2.27. The van der Waals surface area contributed by atoms with E-state index < -0.39 is 0 Å². The normalized spacial score (nSPS) is 9.71. The van der Waals surface area contributed by atoms with Crippen LogP contribution >= 0.6 is 11.6 Å². The molecule has 0 saturated carbocycles. The zero-order valence-corrected chi connectivity index (χ0v) is 8.93. The molecule has 0 fully saturated rings. The second-order valence-electron chi connectivity index (χ2n) is 3.13. The van der Waals surface area contributed by atoms with E-state index in [1.807, 2.05) is 0 Å². The second-order valence-corrected chi connectivity index (χ2v) is 3.56. The quantitative estimate of drug-likeness (QED) is 0.761. The highest BCUT2D eigenvalue weighted by molar-refractivity contribution is 6.30. The molecule has 0 bridgehead atoms. The number of carbonyl (C=O) groups is 1. The molecule has 0 unspecified atom stereocenters. The van der Waals surface area contributed by atoms with Gasteiger partial charge in [0.2, 0.25) is 0 Å². The van der Waals surface area contributed by atoms with E-state index in [0.717, 1.165) is 0 Å². The number of benzene rings is 1. The molecule has 14 heavy (non-hydrogen) atoms. The summed E-state index contributed by atoms with van der Waals surface area (Å²) < 4.78 is 0. The van der Waals surface area contributed by atoms with Crippen LogP contribution < -0.4 is 5.32 Å². The van der Waals surface area contributed by atoms with Gasteiger partial charge in [0.25, 0.3) is 0 Å². The van der Waals surface area contributed by atoms with Gasteiger partial charge in [-0.3, -0.25) is 0 Å². The van der Waals surface area contributed by atoms with Gasteiger partial charge < -0.3 is 10.2 Å². The lowest BCUT2D eigenvalue weighted by molar-refractivity contribution is 0.230. The number of rotatable bonds is 1. The fourth-order valence-electron chi connectivity index (χ4n) is 0.911. The van der Waals surface area contributed by atoms with Crippen molar-refractivity contribution in [3.8, 4) is 0 Å². The van der Waals surface area contributed by atoms with Crippen molar-refractivity contribution < 1.29 is 4.79 Å². The molecule has 0 aliphatic rings. The Morgan fingerprint density at radius 1 is 1.50 bits per heavy atom. The Labute approximate surface area is 88.7 Å². The molecule has 0 heterocycles. The van der Waals surface area contributed by atoms with Crippen LogP contribution in [-0.4, -0.2) is 25.0 Å². The van der Waals surface area contributed by atoms with Crippen molar-refractivity contribution in [3.63, 3.8) is 0 Å². The Hall–Kier alpha value is -1.22. The first-order valence-corrected chi connectivity index (χ1v) is 4.48. The Kier molecular flexibility index (Phi) is 3.36. The summed E-state index contributed by atoms with van der Waals surface area (Å²) in [5.41, 5.74) is 1.38. The van der Waals surface area contributed by atoms with E-state index in [1.165, 1.54) is 4.90 Å². The van der Waals surface area contributed by atoms with Crippen molar-refractivity contribution in [2.75, 3.05) is 19.4 Å². The van der Waals surface area contributed by atoms with Crippen LogP contribution in [0.15, 0.2) is 18.2 Å². The van der Waals surface area contributed by atoms with Crippen molar-refractivity contribution >= 4 is 23.3 Å². The third-order valence-corrected chi connectivity index (χ3v) is 1.95. The predicted molar refractivity (Wildman–Crippen MR) is 58.6 cm³/mol. The van der Waals surface area contributed by atoms with Crippen LogP contribution in [0.25, 0.3) is 0 Å². The highest BCUT2D eigenvalue weighted by atomic mass is 35.5. The number of hydrogen-bond acceptors (Lipinski definition) is 1. The van der Waals surface area contributed by atoms with Gasteiger partial charge in [-0.15, -0.1) is 0 Å². The summed E-state index contributed by atoms with van der Waals surface area (Å²) in [6.07, 6.45) is 0. The first-order chi connectivity index (χ1) is 6.50. The van der Waals surface area contributed by atoms with Crippen LogP contribution in [0.3, 0.4) is 0 Å². The number of amides is 2. The third kappa shape index (κ3) is 2.64. The summed E-state index contributed by atoms with van der Waals surface area (Å²) in [4.78, 5) is 12.8. The standard InChI is InChI=1S/C10H12ClN2O/c1-7-6-8(11)4-5-9(7)12-10(14)13(2)3/h4-6H,1H2,2-3H3,(H,12,14). The highest BCUT2D eigenvalue weighted by Gasteiger charge is 2.05. The zero-order valence-electron chi connectivity index (χ0n) is 8.17. The molecule has 0 aliphatic carbocycles. The van der Waals surface area contributed by atoms with E-state index in [9.17, 15) is 4.79 Å². The fraction of sp³-hybridized carbons (Fsp3) is 0.200. The molecule has 1 radical (unpaired) electrons. The van der Waals surface area contributed by atoms with Crippen LogP contribution in [0, 0.1) is 6.92 Å². The molecule has 0 saturated heterocycles. The summed E-state index contributed by atoms with van der Waals surface area (Å²) in [5, 5.41) is 3.31. The number of nitrogens with one attached hydrogen (secondary N) is 1. The Morgan fingerprint density at radius 3 is 2.64 bits per heavy atom. The minimum absolute atomic E-state index is 0.183. The molecule has 0 spiro atoms. The number of carbonyl (C=O) groups excluding carboxylic acids is 1.